The molecule has 2 saturated heterocycles. The van der Waals surface area contributed by atoms with Crippen molar-refractivity contribution < 1.29 is 22.9 Å². The van der Waals surface area contributed by atoms with E-state index in [0.29, 0.717) is 38.3 Å². The van der Waals surface area contributed by atoms with Crippen molar-refractivity contribution in [3.63, 3.8) is 0 Å². The topological polar surface area (TPSA) is 69.9 Å². The van der Waals surface area contributed by atoms with Gasteiger partial charge in [-0.05, 0) is 55.5 Å². The Labute approximate surface area is 201 Å². The lowest BCUT2D eigenvalue weighted by Gasteiger charge is -2.47. The summed E-state index contributed by atoms with van der Waals surface area (Å²) >= 11 is 0. The molecule has 2 aromatic rings. The summed E-state index contributed by atoms with van der Waals surface area (Å²) in [5.74, 6) is -0.257. The van der Waals surface area contributed by atoms with Gasteiger partial charge < -0.3 is 14.7 Å². The van der Waals surface area contributed by atoms with Crippen LogP contribution >= 0.6 is 0 Å². The lowest BCUT2D eigenvalue weighted by atomic mass is 9.80. The minimum Gasteiger partial charge on any atom is -0.368 e. The molecule has 3 aliphatic heterocycles. The van der Waals surface area contributed by atoms with E-state index in [0.717, 1.165) is 49.2 Å². The highest BCUT2D eigenvalue weighted by Crippen LogP contribution is 2.40. The number of amides is 1. The molecule has 186 valence electrons. The van der Waals surface area contributed by atoms with E-state index in [1.54, 1.807) is 18.2 Å². The Hall–Kier alpha value is -3.30. The van der Waals surface area contributed by atoms with Crippen molar-refractivity contribution in [2.75, 3.05) is 42.5 Å². The lowest BCUT2D eigenvalue weighted by molar-refractivity contribution is -0.384. The van der Waals surface area contributed by atoms with Gasteiger partial charge in [-0.3, -0.25) is 14.9 Å². The van der Waals surface area contributed by atoms with Gasteiger partial charge in [-0.15, -0.1) is 0 Å². The van der Waals surface area contributed by atoms with Gasteiger partial charge in [0.05, 0.1) is 16.4 Å². The van der Waals surface area contributed by atoms with E-state index in [9.17, 15) is 28.1 Å². The van der Waals surface area contributed by atoms with Crippen LogP contribution in [0.3, 0.4) is 0 Å². The van der Waals surface area contributed by atoms with Crippen LogP contribution < -0.4 is 9.80 Å². The summed E-state index contributed by atoms with van der Waals surface area (Å²) in [6.07, 6.45) is -0.978. The fourth-order valence-electron chi connectivity index (χ4n) is 5.73. The number of nitro groups is 1. The number of alkyl halides is 3. The van der Waals surface area contributed by atoms with Crippen LogP contribution in [0.2, 0.25) is 0 Å². The molecule has 2 fully saturated rings. The molecule has 2 atom stereocenters. The van der Waals surface area contributed by atoms with E-state index in [1.165, 1.54) is 12.1 Å². The van der Waals surface area contributed by atoms with Crippen molar-refractivity contribution >= 4 is 23.0 Å². The Morgan fingerprint density at radius 1 is 1.00 bits per heavy atom. The number of nitro benzene ring substituents is 1. The standard InChI is InChI=1S/C25H27F3N4O3/c26-25(27,28)18-4-3-5-19(16-18)29-10-12-30(13-11-29)24(33)21-15-17-14-20(32(34)35)7-8-22(17)31-9-2-1-6-23(21)31/h3-5,7-8,14,16,21,23H,1-2,6,9-13,15H2/t21-,23-/m1/s1. The summed E-state index contributed by atoms with van der Waals surface area (Å²) in [4.78, 5) is 30.5. The van der Waals surface area contributed by atoms with E-state index in [-0.39, 0.29) is 23.6 Å². The molecule has 0 unspecified atom stereocenters. The van der Waals surface area contributed by atoms with Gasteiger partial charge in [0.25, 0.3) is 5.69 Å². The molecule has 3 heterocycles. The maximum absolute atomic E-state index is 13.7. The van der Waals surface area contributed by atoms with Gasteiger partial charge in [0.15, 0.2) is 0 Å². The van der Waals surface area contributed by atoms with E-state index in [1.807, 2.05) is 9.80 Å². The van der Waals surface area contributed by atoms with Crippen molar-refractivity contribution in [3.05, 3.63) is 63.7 Å². The zero-order valence-electron chi connectivity index (χ0n) is 19.2. The largest absolute Gasteiger partial charge is 0.416 e. The Kier molecular flexibility index (Phi) is 6.06. The summed E-state index contributed by atoms with van der Waals surface area (Å²) in [5.41, 5.74) is 1.67. The average Bonchev–Trinajstić information content (AvgIpc) is 2.87. The van der Waals surface area contributed by atoms with Gasteiger partial charge in [0.1, 0.15) is 0 Å². The molecule has 0 spiro atoms. The van der Waals surface area contributed by atoms with Crippen LogP contribution in [0, 0.1) is 16.0 Å². The van der Waals surface area contributed by atoms with Gasteiger partial charge in [-0.1, -0.05) is 6.07 Å². The third kappa shape index (κ3) is 4.53. The van der Waals surface area contributed by atoms with Crippen LogP contribution in [0.25, 0.3) is 0 Å². The molecule has 35 heavy (non-hydrogen) atoms. The number of non-ortho nitro benzene ring substituents is 1. The van der Waals surface area contributed by atoms with Crippen LogP contribution in [-0.2, 0) is 17.4 Å². The van der Waals surface area contributed by atoms with Gasteiger partial charge in [0, 0.05) is 62.3 Å². The first-order valence-electron chi connectivity index (χ1n) is 12.0. The molecule has 7 nitrogen and oxygen atoms in total. The number of hydrogen-bond donors (Lipinski definition) is 0. The van der Waals surface area contributed by atoms with Gasteiger partial charge in [-0.25, -0.2) is 0 Å². The second-order valence-electron chi connectivity index (χ2n) is 9.50. The predicted molar refractivity (Wildman–Crippen MR) is 126 cm³/mol. The summed E-state index contributed by atoms with van der Waals surface area (Å²) in [5, 5.41) is 11.3. The zero-order chi connectivity index (χ0) is 24.7. The molecule has 3 aliphatic rings. The van der Waals surface area contributed by atoms with Gasteiger partial charge in [0.2, 0.25) is 5.91 Å². The van der Waals surface area contributed by atoms with Crippen molar-refractivity contribution in [2.45, 2.75) is 37.9 Å². The Morgan fingerprint density at radius 3 is 2.49 bits per heavy atom. The molecule has 0 bridgehead atoms. The molecule has 0 radical (unpaired) electrons. The first-order chi connectivity index (χ1) is 16.7. The monoisotopic (exact) mass is 488 g/mol. The number of nitrogens with zero attached hydrogens (tertiary/aromatic N) is 4. The fraction of sp³-hybridized carbons (Fsp3) is 0.480. The minimum atomic E-state index is -4.40. The first kappa shape index (κ1) is 23.4. The highest BCUT2D eigenvalue weighted by Gasteiger charge is 2.42. The average molecular weight is 489 g/mol. The third-order valence-electron chi connectivity index (χ3n) is 7.48. The number of piperazine rings is 1. The number of carbonyl (C=O) groups excluding carboxylic acids is 1. The highest BCUT2D eigenvalue weighted by molar-refractivity contribution is 5.82. The van der Waals surface area contributed by atoms with Crippen LogP contribution in [0.15, 0.2) is 42.5 Å². The highest BCUT2D eigenvalue weighted by atomic mass is 19.4. The predicted octanol–water partition coefficient (Wildman–Crippen LogP) is 4.49. The quantitative estimate of drug-likeness (QED) is 0.470. The van der Waals surface area contributed by atoms with Crippen LogP contribution in [0.1, 0.15) is 30.4 Å². The molecular formula is C25H27F3N4O3. The molecule has 0 aliphatic carbocycles. The number of piperidine rings is 1. The Balaban J connectivity index is 1.32. The van der Waals surface area contributed by atoms with E-state index >= 15 is 0 Å². The smallest absolute Gasteiger partial charge is 0.368 e. The Bertz CT molecular complexity index is 1130. The van der Waals surface area contributed by atoms with E-state index in [4.69, 9.17) is 0 Å². The number of anilines is 2. The maximum Gasteiger partial charge on any atom is 0.416 e. The normalized spacial score (nSPS) is 22.4. The molecule has 5 rings (SSSR count). The number of hydrogen-bond acceptors (Lipinski definition) is 5. The molecule has 0 saturated carbocycles. The van der Waals surface area contributed by atoms with Crippen molar-refractivity contribution in [1.82, 2.24) is 4.90 Å². The van der Waals surface area contributed by atoms with Crippen molar-refractivity contribution in [3.8, 4) is 0 Å². The molecular weight excluding hydrogens is 461 g/mol. The summed E-state index contributed by atoms with van der Waals surface area (Å²) in [7, 11) is 0. The molecule has 0 N–H and O–H groups in total. The second-order valence-corrected chi connectivity index (χ2v) is 9.50. The summed E-state index contributed by atoms with van der Waals surface area (Å²) in [6.45, 7) is 2.59. The molecule has 0 aromatic heterocycles. The van der Waals surface area contributed by atoms with Crippen LogP contribution in [0.4, 0.5) is 30.2 Å². The maximum atomic E-state index is 13.7. The molecule has 1 amide bonds. The van der Waals surface area contributed by atoms with E-state index < -0.39 is 16.7 Å². The molecule has 2 aromatic carbocycles. The third-order valence-corrected chi connectivity index (χ3v) is 7.48. The zero-order valence-corrected chi connectivity index (χ0v) is 19.2. The summed E-state index contributed by atoms with van der Waals surface area (Å²) < 4.78 is 39.3. The van der Waals surface area contributed by atoms with Gasteiger partial charge in [-0.2, -0.15) is 13.2 Å². The Morgan fingerprint density at radius 2 is 1.77 bits per heavy atom. The SMILES string of the molecule is O=C([C@@H]1Cc2cc([N+](=O)[O-])ccc2N2CCCC[C@H]12)N1CCN(c2cccc(C(F)(F)F)c2)CC1. The van der Waals surface area contributed by atoms with Crippen molar-refractivity contribution in [2.24, 2.45) is 5.92 Å². The lowest BCUT2D eigenvalue weighted by Crippen LogP contribution is -2.57. The van der Waals surface area contributed by atoms with Gasteiger partial charge >= 0.3 is 6.18 Å². The first-order valence-corrected chi connectivity index (χ1v) is 12.0. The minimum absolute atomic E-state index is 0.0279. The van der Waals surface area contributed by atoms with Crippen LogP contribution in [-0.4, -0.2) is 54.5 Å². The number of fused-ring (bicyclic) bond motifs is 3. The number of benzene rings is 2. The van der Waals surface area contributed by atoms with Crippen molar-refractivity contribution in [1.29, 1.82) is 0 Å². The number of halogens is 3. The number of rotatable bonds is 3. The number of carbonyl (C=O) groups is 1. The van der Waals surface area contributed by atoms with E-state index in [2.05, 4.69) is 4.90 Å². The molecule has 10 heteroatoms. The van der Waals surface area contributed by atoms with Crippen LogP contribution in [0.5, 0.6) is 0 Å². The fourth-order valence-corrected chi connectivity index (χ4v) is 5.73. The summed E-state index contributed by atoms with van der Waals surface area (Å²) in [6, 6.07) is 10.3. The second kappa shape index (κ2) is 9.05.